The molecule has 0 unspecified atom stereocenters. The van der Waals surface area contributed by atoms with Gasteiger partial charge < -0.3 is 9.13 Å². The minimum absolute atomic E-state index is 0. The molecule has 0 aliphatic rings. The van der Waals surface area contributed by atoms with Crippen LogP contribution >= 0.6 is 0 Å². The van der Waals surface area contributed by atoms with Crippen LogP contribution in [-0.2, 0) is 38.8 Å². The van der Waals surface area contributed by atoms with Gasteiger partial charge in [0.2, 0.25) is 0 Å². The molecule has 4 aromatic heterocycles. The molecule has 0 spiro atoms. The zero-order chi connectivity index (χ0) is 25.8. The van der Waals surface area contributed by atoms with Gasteiger partial charge in [0.05, 0.1) is 11.6 Å². The molecule has 4 heterocycles. The number of aromatic nitrogens is 4. The molecule has 0 fully saturated rings. The van der Waals surface area contributed by atoms with E-state index in [9.17, 15) is 26.3 Å². The molecule has 0 aliphatic heterocycles. The van der Waals surface area contributed by atoms with E-state index in [2.05, 4.69) is 11.2 Å². The fourth-order valence-electron chi connectivity index (χ4n) is 3.78. The van der Waals surface area contributed by atoms with Crippen LogP contribution in [0.2, 0.25) is 0 Å². The maximum absolute atomic E-state index is 13.5. The Morgan fingerprint density at radius 3 is 1.69 bits per heavy atom. The first-order valence-corrected chi connectivity index (χ1v) is 10.5. The van der Waals surface area contributed by atoms with E-state index in [1.165, 1.54) is 12.1 Å². The number of rotatable bonds is 4. The maximum atomic E-state index is 13.5. The first-order chi connectivity index (χ1) is 16.2. The molecule has 0 bridgehead atoms. The normalized spacial score (nSPS) is 12.5. The number of pyridine rings is 2. The molecule has 4 nitrogen and oxygen atoms in total. The molecule has 0 amide bonds. The predicted octanol–water partition coefficient (Wildman–Crippen LogP) is 6.64. The van der Waals surface area contributed by atoms with Crippen LogP contribution in [0.4, 0.5) is 26.3 Å². The first kappa shape index (κ1) is 27.7. The summed E-state index contributed by atoms with van der Waals surface area (Å²) in [5.41, 5.74) is -1.17. The fourth-order valence-corrected chi connectivity index (χ4v) is 3.78. The first-order valence-electron chi connectivity index (χ1n) is 10.5. The van der Waals surface area contributed by atoms with Crippen molar-refractivity contribution in [2.24, 2.45) is 0 Å². The summed E-state index contributed by atoms with van der Waals surface area (Å²) in [5, 5.41) is 0. The van der Waals surface area contributed by atoms with Gasteiger partial charge in [0, 0.05) is 22.5 Å². The number of alkyl halides is 6. The second-order valence-electron chi connectivity index (χ2n) is 8.69. The molecule has 0 saturated heterocycles. The Morgan fingerprint density at radius 2 is 1.25 bits per heavy atom. The molecule has 0 aliphatic carbocycles. The largest absolute Gasteiger partial charge is 2.00 e. The van der Waals surface area contributed by atoms with Gasteiger partial charge in [-0.05, 0) is 31.5 Å². The third kappa shape index (κ3) is 5.28. The summed E-state index contributed by atoms with van der Waals surface area (Å²) in [6, 6.07) is 11.6. The van der Waals surface area contributed by atoms with E-state index in [1.807, 2.05) is 19.9 Å². The van der Waals surface area contributed by atoms with Crippen molar-refractivity contribution in [1.29, 1.82) is 0 Å². The number of nitrogens with zero attached hydrogens (tertiary/aromatic N) is 4. The van der Waals surface area contributed by atoms with Crippen LogP contribution < -0.4 is 0 Å². The topological polar surface area (TPSA) is 35.6 Å². The van der Waals surface area contributed by atoms with Gasteiger partial charge in [-0.2, -0.15) is 32.4 Å². The zero-order valence-corrected chi connectivity index (χ0v) is 21.8. The Kier molecular flexibility index (Phi) is 7.34. The molecule has 0 N–H and O–H groups in total. The van der Waals surface area contributed by atoms with E-state index >= 15 is 0 Å². The molecule has 4 aromatic rings. The van der Waals surface area contributed by atoms with Crippen molar-refractivity contribution < 1.29 is 47.4 Å². The van der Waals surface area contributed by atoms with Gasteiger partial charge >= 0.3 is 33.4 Å². The van der Waals surface area contributed by atoms with Crippen molar-refractivity contribution in [1.82, 2.24) is 19.1 Å². The smallest absolute Gasteiger partial charge is 0.433 e. The molecule has 0 atom stereocenters. The molecule has 36 heavy (non-hydrogen) atoms. The average molecular weight is 686 g/mol. The van der Waals surface area contributed by atoms with Crippen LogP contribution in [0.3, 0.4) is 0 Å². The van der Waals surface area contributed by atoms with Gasteiger partial charge in [-0.1, -0.05) is 50.5 Å². The van der Waals surface area contributed by atoms with Gasteiger partial charge in [-0.25, -0.2) is 0 Å². The van der Waals surface area contributed by atoms with Crippen molar-refractivity contribution in [3.05, 3.63) is 94.8 Å². The molecular weight excluding hydrogens is 665 g/mol. The molecule has 11 heteroatoms. The second kappa shape index (κ2) is 9.54. The molecule has 4 rings (SSSR count). The van der Waals surface area contributed by atoms with E-state index in [-0.39, 0.29) is 32.9 Å². The van der Waals surface area contributed by atoms with Crippen LogP contribution in [0.5, 0.6) is 0 Å². The van der Waals surface area contributed by atoms with Crippen LogP contribution in [-0.4, -0.2) is 19.1 Å². The summed E-state index contributed by atoms with van der Waals surface area (Å²) in [6.07, 6.45) is -5.06. The van der Waals surface area contributed by atoms with Crippen molar-refractivity contribution >= 4 is 0 Å². The summed E-state index contributed by atoms with van der Waals surface area (Å²) < 4.78 is 82.1. The maximum Gasteiger partial charge on any atom is 2.00 e. The van der Waals surface area contributed by atoms with Gasteiger partial charge in [-0.3, -0.25) is 9.97 Å². The Morgan fingerprint density at radius 1 is 0.722 bits per heavy atom. The van der Waals surface area contributed by atoms with Crippen LogP contribution in [0, 0.1) is 26.2 Å². The van der Waals surface area contributed by atoms with Gasteiger partial charge in [-0.15, -0.1) is 17.3 Å². The fraction of sp³-hybridized carbons (Fsp3) is 0.280. The summed E-state index contributed by atoms with van der Waals surface area (Å²) in [6.45, 7) is 7.39. The Labute approximate surface area is 218 Å². The van der Waals surface area contributed by atoms with Crippen molar-refractivity contribution in [3.63, 3.8) is 0 Å². The van der Waals surface area contributed by atoms with E-state index in [0.717, 1.165) is 11.3 Å². The molecule has 0 saturated carbocycles. The third-order valence-corrected chi connectivity index (χ3v) is 5.62. The van der Waals surface area contributed by atoms with Gasteiger partial charge in [0.1, 0.15) is 0 Å². The van der Waals surface area contributed by atoms with Crippen molar-refractivity contribution in [3.8, 4) is 11.6 Å². The Bertz CT molecular complexity index is 1380. The van der Waals surface area contributed by atoms with Gasteiger partial charge in [0.15, 0.2) is 0 Å². The number of hydrogen-bond acceptors (Lipinski definition) is 2. The number of aryl methyl sites for hydroxylation is 2. The van der Waals surface area contributed by atoms with Crippen LogP contribution in [0.1, 0.15) is 47.8 Å². The quantitative estimate of drug-likeness (QED) is 0.179. The zero-order valence-electron chi connectivity index (χ0n) is 19.5. The minimum atomic E-state index is -5.04. The minimum Gasteiger partial charge on any atom is -0.433 e. The molecule has 0 radical (unpaired) electrons. The van der Waals surface area contributed by atoms with Crippen molar-refractivity contribution in [2.75, 3.05) is 0 Å². The molecule has 192 valence electrons. The predicted molar refractivity (Wildman–Crippen MR) is 116 cm³/mol. The summed E-state index contributed by atoms with van der Waals surface area (Å²) in [5.74, 6) is 0.269. The summed E-state index contributed by atoms with van der Waals surface area (Å²) >= 11 is 0. The Hall–Kier alpha value is -2.87. The Balaban J connectivity index is 0.00000361. The van der Waals surface area contributed by atoms with Gasteiger partial charge in [0.25, 0.3) is 0 Å². The summed E-state index contributed by atoms with van der Waals surface area (Å²) in [4.78, 5) is 9.00. The molecule has 0 aromatic carbocycles. The molecular formula is C25H20F6N4Pt. The van der Waals surface area contributed by atoms with E-state index in [1.54, 1.807) is 48.9 Å². The number of hydrogen-bond donors (Lipinski definition) is 0. The van der Waals surface area contributed by atoms with E-state index in [4.69, 9.17) is 4.98 Å². The standard InChI is InChI=1S/C25H20F6N4.Pt/c1-15-11-16(2)34(13-15)21-9-5-7-18(32-21)23(3,4)19-8-6-10-22(33-19)35-14-17(24(26,27)28)12-20(35)25(29,30)31;/h5-12H,1-4H3;/q-2;+2. The van der Waals surface area contributed by atoms with E-state index in [0.29, 0.717) is 21.8 Å². The second-order valence-corrected chi connectivity index (χ2v) is 8.69. The van der Waals surface area contributed by atoms with Crippen molar-refractivity contribution in [2.45, 2.75) is 45.5 Å². The van der Waals surface area contributed by atoms with Crippen LogP contribution in [0.15, 0.2) is 48.5 Å². The average Bonchev–Trinajstić information content (AvgIpc) is 3.37. The van der Waals surface area contributed by atoms with Crippen LogP contribution in [0.25, 0.3) is 11.6 Å². The monoisotopic (exact) mass is 685 g/mol. The summed E-state index contributed by atoms with van der Waals surface area (Å²) in [7, 11) is 0. The van der Waals surface area contributed by atoms with E-state index < -0.39 is 29.0 Å². The SMILES string of the molecule is Cc1[c-]n(-c2cccc(C(C)(C)c3cccc(-n4[c-]c(C(F)(F)F)cc4C(F)(F)F)n3)n2)c(C)c1.[Pt+2]. The number of halogens is 6. The third-order valence-electron chi connectivity index (χ3n) is 5.62.